The highest BCUT2D eigenvalue weighted by Crippen LogP contribution is 2.27. The second-order valence-corrected chi connectivity index (χ2v) is 5.20. The van der Waals surface area contributed by atoms with Crippen molar-refractivity contribution in [3.05, 3.63) is 0 Å². The highest BCUT2D eigenvalue weighted by atomic mass is 19.4. The summed E-state index contributed by atoms with van der Waals surface area (Å²) in [5.41, 5.74) is 0. The second kappa shape index (κ2) is 7.71. The number of alkyl halides is 3. The summed E-state index contributed by atoms with van der Waals surface area (Å²) in [5.74, 6) is -1.48. The minimum Gasteiger partial charge on any atom is -0.316 e. The first-order valence-electron chi connectivity index (χ1n) is 6.86. The van der Waals surface area contributed by atoms with Crippen LogP contribution >= 0.6 is 0 Å². The second-order valence-electron chi connectivity index (χ2n) is 5.20. The lowest BCUT2D eigenvalue weighted by Crippen LogP contribution is -2.42. The quantitative estimate of drug-likeness (QED) is 0.810. The third kappa shape index (κ3) is 5.79. The van der Waals surface area contributed by atoms with Crippen molar-refractivity contribution in [3.8, 4) is 6.07 Å². The standard InChI is InChI=1S/C13H22F3N3/c1-2-6-19(9-11-4-3-5-18-8-11)10-12(7-17)13(14,15)16/h11-12,18H,2-6,8-10H2,1H3. The van der Waals surface area contributed by atoms with Gasteiger partial charge in [-0.3, -0.25) is 0 Å². The number of piperidine rings is 1. The highest BCUT2D eigenvalue weighted by Gasteiger charge is 2.40. The lowest BCUT2D eigenvalue weighted by atomic mass is 9.98. The first kappa shape index (κ1) is 16.3. The number of nitriles is 1. The molecule has 0 saturated carbocycles. The van der Waals surface area contributed by atoms with Gasteiger partial charge in [0.1, 0.15) is 0 Å². The highest BCUT2D eigenvalue weighted by molar-refractivity contribution is 4.91. The van der Waals surface area contributed by atoms with E-state index in [1.807, 2.05) is 6.92 Å². The molecule has 3 nitrogen and oxygen atoms in total. The number of hydrogen-bond donors (Lipinski definition) is 1. The predicted molar refractivity (Wildman–Crippen MR) is 67.5 cm³/mol. The van der Waals surface area contributed by atoms with Crippen LogP contribution in [0.2, 0.25) is 0 Å². The van der Waals surface area contributed by atoms with E-state index in [0.717, 1.165) is 32.4 Å². The molecule has 0 aliphatic carbocycles. The zero-order valence-electron chi connectivity index (χ0n) is 11.3. The van der Waals surface area contributed by atoms with Crippen molar-refractivity contribution in [1.29, 1.82) is 5.26 Å². The third-order valence-electron chi connectivity index (χ3n) is 3.45. The van der Waals surface area contributed by atoms with Crippen LogP contribution in [0, 0.1) is 23.2 Å². The molecule has 0 aromatic heterocycles. The van der Waals surface area contributed by atoms with Gasteiger partial charge in [0.2, 0.25) is 0 Å². The molecule has 1 saturated heterocycles. The van der Waals surface area contributed by atoms with Gasteiger partial charge in [-0.2, -0.15) is 18.4 Å². The molecule has 1 aliphatic heterocycles. The number of rotatable bonds is 6. The van der Waals surface area contributed by atoms with Gasteiger partial charge in [-0.15, -0.1) is 0 Å². The summed E-state index contributed by atoms with van der Waals surface area (Å²) in [7, 11) is 0. The van der Waals surface area contributed by atoms with E-state index in [-0.39, 0.29) is 6.54 Å². The van der Waals surface area contributed by atoms with Crippen molar-refractivity contribution in [2.75, 3.05) is 32.7 Å². The average molecular weight is 277 g/mol. The summed E-state index contributed by atoms with van der Waals surface area (Å²) < 4.78 is 37.9. The van der Waals surface area contributed by atoms with Gasteiger partial charge < -0.3 is 10.2 Å². The first-order chi connectivity index (χ1) is 8.97. The van der Waals surface area contributed by atoms with E-state index in [0.29, 0.717) is 19.0 Å². The van der Waals surface area contributed by atoms with Gasteiger partial charge >= 0.3 is 6.18 Å². The first-order valence-corrected chi connectivity index (χ1v) is 6.86. The smallest absolute Gasteiger partial charge is 0.316 e. The Hall–Kier alpha value is -0.800. The molecule has 1 aliphatic rings. The van der Waals surface area contributed by atoms with Crippen molar-refractivity contribution in [3.63, 3.8) is 0 Å². The van der Waals surface area contributed by atoms with E-state index < -0.39 is 12.1 Å². The maximum Gasteiger partial charge on any atom is 0.405 e. The number of hydrogen-bond acceptors (Lipinski definition) is 3. The summed E-state index contributed by atoms with van der Waals surface area (Å²) in [5, 5.41) is 11.9. The molecule has 1 fully saturated rings. The molecule has 0 amide bonds. The van der Waals surface area contributed by atoms with E-state index in [9.17, 15) is 13.2 Å². The Morgan fingerprint density at radius 2 is 2.21 bits per heavy atom. The molecule has 0 aromatic rings. The molecule has 2 atom stereocenters. The molecular formula is C13H22F3N3. The maximum absolute atomic E-state index is 12.6. The van der Waals surface area contributed by atoms with Gasteiger partial charge in [0, 0.05) is 13.1 Å². The predicted octanol–water partition coefficient (Wildman–Crippen LogP) is 2.40. The molecule has 1 heterocycles. The SMILES string of the molecule is CCCN(CC1CCCNC1)CC(C#N)C(F)(F)F. The Labute approximate surface area is 112 Å². The Balaban J connectivity index is 2.53. The van der Waals surface area contributed by atoms with Crippen molar-refractivity contribution >= 4 is 0 Å². The molecule has 0 aromatic carbocycles. The van der Waals surface area contributed by atoms with Crippen molar-refractivity contribution in [2.45, 2.75) is 32.4 Å². The molecule has 2 unspecified atom stereocenters. The van der Waals surface area contributed by atoms with Crippen LogP contribution in [-0.2, 0) is 0 Å². The minimum atomic E-state index is -4.43. The van der Waals surface area contributed by atoms with Crippen molar-refractivity contribution < 1.29 is 13.2 Å². The normalized spacial score (nSPS) is 22.2. The Morgan fingerprint density at radius 3 is 2.68 bits per heavy atom. The molecule has 6 heteroatoms. The van der Waals surface area contributed by atoms with Gasteiger partial charge in [-0.05, 0) is 44.8 Å². The molecule has 1 N–H and O–H groups in total. The summed E-state index contributed by atoms with van der Waals surface area (Å²) in [6, 6.07) is 1.39. The van der Waals surface area contributed by atoms with Gasteiger partial charge in [0.15, 0.2) is 5.92 Å². The van der Waals surface area contributed by atoms with Crippen LogP contribution < -0.4 is 5.32 Å². The van der Waals surface area contributed by atoms with Crippen molar-refractivity contribution in [2.24, 2.45) is 11.8 Å². The fourth-order valence-electron chi connectivity index (χ4n) is 2.49. The van der Waals surface area contributed by atoms with Crippen LogP contribution in [0.3, 0.4) is 0 Å². The molecule has 19 heavy (non-hydrogen) atoms. The monoisotopic (exact) mass is 277 g/mol. The summed E-state index contributed by atoms with van der Waals surface area (Å²) >= 11 is 0. The third-order valence-corrected chi connectivity index (χ3v) is 3.45. The Kier molecular flexibility index (Phi) is 6.59. The van der Waals surface area contributed by atoms with E-state index >= 15 is 0 Å². The fraction of sp³-hybridized carbons (Fsp3) is 0.923. The molecule has 1 rings (SSSR count). The van der Waals surface area contributed by atoms with Crippen LogP contribution in [-0.4, -0.2) is 43.8 Å². The van der Waals surface area contributed by atoms with E-state index in [1.54, 1.807) is 4.90 Å². The molecule has 110 valence electrons. The largest absolute Gasteiger partial charge is 0.405 e. The summed E-state index contributed by atoms with van der Waals surface area (Å²) in [6.45, 7) is 4.86. The zero-order chi connectivity index (χ0) is 14.3. The Morgan fingerprint density at radius 1 is 1.47 bits per heavy atom. The van der Waals surface area contributed by atoms with Crippen LogP contribution in [0.15, 0.2) is 0 Å². The fourth-order valence-corrected chi connectivity index (χ4v) is 2.49. The minimum absolute atomic E-state index is 0.204. The van der Waals surface area contributed by atoms with Gasteiger partial charge in [0.25, 0.3) is 0 Å². The van der Waals surface area contributed by atoms with Crippen LogP contribution in [0.25, 0.3) is 0 Å². The van der Waals surface area contributed by atoms with Crippen LogP contribution in [0.1, 0.15) is 26.2 Å². The average Bonchev–Trinajstić information content (AvgIpc) is 2.35. The van der Waals surface area contributed by atoms with Gasteiger partial charge in [0.05, 0.1) is 6.07 Å². The van der Waals surface area contributed by atoms with Crippen LogP contribution in [0.5, 0.6) is 0 Å². The molecule has 0 radical (unpaired) electrons. The lowest BCUT2D eigenvalue weighted by molar-refractivity contribution is -0.163. The molecular weight excluding hydrogens is 255 g/mol. The number of nitrogens with one attached hydrogen (secondary N) is 1. The topological polar surface area (TPSA) is 39.1 Å². The Bertz CT molecular complexity index is 292. The number of nitrogens with zero attached hydrogens (tertiary/aromatic N) is 2. The zero-order valence-corrected chi connectivity index (χ0v) is 11.3. The summed E-state index contributed by atoms with van der Waals surface area (Å²) in [6.07, 6.45) is -1.50. The number of halogens is 3. The van der Waals surface area contributed by atoms with Crippen LogP contribution in [0.4, 0.5) is 13.2 Å². The van der Waals surface area contributed by atoms with E-state index in [4.69, 9.17) is 5.26 Å². The van der Waals surface area contributed by atoms with Crippen molar-refractivity contribution in [1.82, 2.24) is 10.2 Å². The van der Waals surface area contributed by atoms with E-state index in [2.05, 4.69) is 5.32 Å². The maximum atomic E-state index is 12.6. The molecule has 0 bridgehead atoms. The molecule has 0 spiro atoms. The van der Waals surface area contributed by atoms with Gasteiger partial charge in [-0.25, -0.2) is 0 Å². The van der Waals surface area contributed by atoms with Gasteiger partial charge in [-0.1, -0.05) is 6.92 Å². The lowest BCUT2D eigenvalue weighted by Gasteiger charge is -2.31. The van der Waals surface area contributed by atoms with E-state index in [1.165, 1.54) is 6.07 Å². The summed E-state index contributed by atoms with van der Waals surface area (Å²) in [4.78, 5) is 1.79.